The molecule has 0 aliphatic carbocycles. The molecule has 0 saturated carbocycles. The summed E-state index contributed by atoms with van der Waals surface area (Å²) >= 11 is 0. The van der Waals surface area contributed by atoms with Crippen molar-refractivity contribution in [1.29, 1.82) is 0 Å². The van der Waals surface area contributed by atoms with Gasteiger partial charge in [-0.1, -0.05) is 45.2 Å². The minimum atomic E-state index is -4.10. The highest BCUT2D eigenvalue weighted by atomic mass is 32.2. The molecule has 0 unspecified atom stereocenters. The van der Waals surface area contributed by atoms with Gasteiger partial charge in [-0.3, -0.25) is 9.59 Å². The summed E-state index contributed by atoms with van der Waals surface area (Å²) in [6.45, 7) is 4.82. The second-order valence-electron chi connectivity index (χ2n) is 8.06. The number of hydrogen-bond acceptors (Lipinski definition) is 7. The number of amides is 2. The van der Waals surface area contributed by atoms with E-state index in [0.29, 0.717) is 26.0 Å². The zero-order valence-corrected chi connectivity index (χ0v) is 21.0. The van der Waals surface area contributed by atoms with E-state index < -0.39 is 21.9 Å². The van der Waals surface area contributed by atoms with Crippen molar-refractivity contribution >= 4 is 27.8 Å². The Hall–Kier alpha value is -3.27. The number of rotatable bonds is 14. The Balaban J connectivity index is 1.89. The molecule has 190 valence electrons. The Labute approximate surface area is 206 Å². The van der Waals surface area contributed by atoms with Gasteiger partial charge < -0.3 is 10.1 Å². The number of carbonyl (C=O) groups excluding carboxylic acids is 3. The molecule has 0 bridgehead atoms. The van der Waals surface area contributed by atoms with Crippen molar-refractivity contribution in [2.24, 2.45) is 0 Å². The Morgan fingerprint density at radius 3 is 2.29 bits per heavy atom. The number of carbonyl (C=O) groups is 3. The molecule has 0 radical (unpaired) electrons. The van der Waals surface area contributed by atoms with Crippen molar-refractivity contribution in [3.63, 3.8) is 0 Å². The van der Waals surface area contributed by atoms with Crippen LogP contribution in [-0.4, -0.2) is 44.3 Å². The third kappa shape index (κ3) is 9.48. The van der Waals surface area contributed by atoms with Gasteiger partial charge in [-0.2, -0.15) is 0 Å². The number of pyridine rings is 1. The molecule has 2 N–H and O–H groups in total. The van der Waals surface area contributed by atoms with Gasteiger partial charge in [-0.25, -0.2) is 22.9 Å². The van der Waals surface area contributed by atoms with E-state index >= 15 is 0 Å². The van der Waals surface area contributed by atoms with E-state index in [1.165, 1.54) is 24.3 Å². The molecule has 0 saturated heterocycles. The lowest BCUT2D eigenvalue weighted by Gasteiger charge is -2.09. The molecule has 10 heteroatoms. The molecule has 0 aliphatic rings. The highest BCUT2D eigenvalue weighted by Crippen LogP contribution is 2.12. The summed E-state index contributed by atoms with van der Waals surface area (Å²) in [4.78, 5) is 39.9. The van der Waals surface area contributed by atoms with Gasteiger partial charge in [0.1, 0.15) is 5.69 Å². The second kappa shape index (κ2) is 14.2. The van der Waals surface area contributed by atoms with E-state index in [-0.39, 0.29) is 22.1 Å². The fourth-order valence-electron chi connectivity index (χ4n) is 3.09. The van der Waals surface area contributed by atoms with E-state index in [1.54, 1.807) is 12.1 Å². The van der Waals surface area contributed by atoms with Crippen LogP contribution in [0.5, 0.6) is 0 Å². The summed E-state index contributed by atoms with van der Waals surface area (Å²) in [6.07, 6.45) is 6.70. The maximum Gasteiger partial charge on any atom is 0.356 e. The van der Waals surface area contributed by atoms with Crippen molar-refractivity contribution in [2.75, 3.05) is 13.2 Å². The van der Waals surface area contributed by atoms with Crippen LogP contribution in [0.1, 0.15) is 78.8 Å². The fourth-order valence-corrected chi connectivity index (χ4v) is 4.06. The quantitative estimate of drug-likeness (QED) is 0.298. The zero-order valence-electron chi connectivity index (χ0n) is 20.2. The van der Waals surface area contributed by atoms with Gasteiger partial charge in [-0.05, 0) is 49.1 Å². The summed E-state index contributed by atoms with van der Waals surface area (Å²) < 4.78 is 32.3. The molecule has 0 fully saturated rings. The Kier molecular flexibility index (Phi) is 11.4. The normalized spacial score (nSPS) is 11.0. The average Bonchev–Trinajstić information content (AvgIpc) is 2.85. The second-order valence-corrected chi connectivity index (χ2v) is 9.74. The topological polar surface area (TPSA) is 132 Å². The van der Waals surface area contributed by atoms with Crippen LogP contribution in [0.25, 0.3) is 0 Å². The molecule has 1 heterocycles. The van der Waals surface area contributed by atoms with Gasteiger partial charge in [0, 0.05) is 19.2 Å². The molecular weight excluding hydrogens is 470 g/mol. The highest BCUT2D eigenvalue weighted by Gasteiger charge is 2.19. The molecule has 9 nitrogen and oxygen atoms in total. The smallest absolute Gasteiger partial charge is 0.356 e. The maximum absolute atomic E-state index is 12.6. The van der Waals surface area contributed by atoms with Crippen LogP contribution >= 0.6 is 0 Å². The molecule has 35 heavy (non-hydrogen) atoms. The van der Waals surface area contributed by atoms with Gasteiger partial charge in [0.25, 0.3) is 15.9 Å². The first-order valence-electron chi connectivity index (χ1n) is 11.8. The zero-order chi connectivity index (χ0) is 25.7. The number of aromatic nitrogens is 1. The average molecular weight is 504 g/mol. The summed E-state index contributed by atoms with van der Waals surface area (Å²) in [6, 6.07) is 8.72. The first-order chi connectivity index (χ1) is 16.8. The van der Waals surface area contributed by atoms with Gasteiger partial charge >= 0.3 is 5.97 Å². The van der Waals surface area contributed by atoms with Crippen LogP contribution in [0.2, 0.25) is 0 Å². The van der Waals surface area contributed by atoms with Crippen LogP contribution in [0.15, 0.2) is 47.5 Å². The largest absolute Gasteiger partial charge is 0.461 e. The summed E-state index contributed by atoms with van der Waals surface area (Å²) in [5.41, 5.74) is 0.886. The molecular formula is C25H33N3O6S. The molecule has 0 spiro atoms. The minimum absolute atomic E-state index is 0.000138. The lowest BCUT2D eigenvalue weighted by Crippen LogP contribution is -2.30. The summed E-state index contributed by atoms with van der Waals surface area (Å²) in [5, 5.41) is 2.83. The monoisotopic (exact) mass is 503 g/mol. The van der Waals surface area contributed by atoms with Crippen molar-refractivity contribution < 1.29 is 27.5 Å². The molecule has 0 atom stereocenters. The fraction of sp³-hybridized carbons (Fsp3) is 0.440. The van der Waals surface area contributed by atoms with Gasteiger partial charge in [0.2, 0.25) is 5.91 Å². The number of esters is 1. The van der Waals surface area contributed by atoms with E-state index in [4.69, 9.17) is 4.74 Å². The molecule has 2 aromatic rings. The van der Waals surface area contributed by atoms with Crippen LogP contribution in [0.3, 0.4) is 0 Å². The van der Waals surface area contributed by atoms with Crippen molar-refractivity contribution in [3.05, 3.63) is 59.4 Å². The number of nitrogens with zero attached hydrogens (tertiary/aromatic N) is 1. The van der Waals surface area contributed by atoms with Crippen molar-refractivity contribution in [2.45, 2.75) is 63.7 Å². The molecule has 2 rings (SSSR count). The molecule has 1 aromatic carbocycles. The number of sulfonamides is 1. The van der Waals surface area contributed by atoms with Crippen molar-refractivity contribution in [3.8, 4) is 0 Å². The van der Waals surface area contributed by atoms with Gasteiger partial charge in [-0.15, -0.1) is 0 Å². The standard InChI is InChI=1S/C25H33N3O6S/c1-3-5-7-17-34-25(31)22-14-11-20(18-27-22)24(30)28-35(32,33)21-12-9-19(10-13-21)15-16-26-23(29)8-6-4-2/h9-14,18H,3-8,15-17H2,1-2H3,(H,26,29)(H,28,30). The van der Waals surface area contributed by atoms with Gasteiger partial charge in [0.15, 0.2) is 0 Å². The third-order valence-corrected chi connectivity index (χ3v) is 6.52. The van der Waals surface area contributed by atoms with Crippen LogP contribution in [0.4, 0.5) is 0 Å². The molecule has 2 amide bonds. The Morgan fingerprint density at radius 1 is 0.943 bits per heavy atom. The Morgan fingerprint density at radius 2 is 1.66 bits per heavy atom. The first-order valence-corrected chi connectivity index (χ1v) is 13.3. The molecule has 0 aliphatic heterocycles. The highest BCUT2D eigenvalue weighted by molar-refractivity contribution is 7.90. The lowest BCUT2D eigenvalue weighted by atomic mass is 10.1. The SMILES string of the molecule is CCCCCOC(=O)c1ccc(C(=O)NS(=O)(=O)c2ccc(CCNC(=O)CCCC)cc2)cn1. The number of ether oxygens (including phenoxy) is 1. The number of unbranched alkanes of at least 4 members (excludes halogenated alkanes) is 3. The van der Waals surface area contributed by atoms with Crippen LogP contribution in [-0.2, 0) is 26.0 Å². The first kappa shape index (κ1) is 28.0. The minimum Gasteiger partial charge on any atom is -0.461 e. The summed E-state index contributed by atoms with van der Waals surface area (Å²) in [5.74, 6) is -1.46. The van der Waals surface area contributed by atoms with Crippen LogP contribution in [0, 0.1) is 0 Å². The third-order valence-electron chi connectivity index (χ3n) is 5.17. The number of benzene rings is 1. The lowest BCUT2D eigenvalue weighted by molar-refractivity contribution is -0.121. The summed E-state index contributed by atoms with van der Waals surface area (Å²) in [7, 11) is -4.10. The maximum atomic E-state index is 12.6. The van der Waals surface area contributed by atoms with E-state index in [9.17, 15) is 22.8 Å². The van der Waals surface area contributed by atoms with Gasteiger partial charge in [0.05, 0.1) is 17.1 Å². The molecule has 1 aromatic heterocycles. The van der Waals surface area contributed by atoms with E-state index in [1.807, 2.05) is 18.6 Å². The van der Waals surface area contributed by atoms with Crippen LogP contribution < -0.4 is 10.0 Å². The Bertz CT molecular complexity index is 1080. The predicted octanol–water partition coefficient (Wildman–Crippen LogP) is 3.40. The predicted molar refractivity (Wildman–Crippen MR) is 131 cm³/mol. The van der Waals surface area contributed by atoms with Crippen molar-refractivity contribution in [1.82, 2.24) is 15.0 Å². The number of hydrogen-bond donors (Lipinski definition) is 2. The van der Waals surface area contributed by atoms with E-state index in [0.717, 1.165) is 43.9 Å². The van der Waals surface area contributed by atoms with E-state index in [2.05, 4.69) is 10.3 Å². The number of nitrogens with one attached hydrogen (secondary N) is 2.